The Labute approximate surface area is 129 Å². The number of pyridine rings is 1. The van der Waals surface area contributed by atoms with E-state index in [0.717, 1.165) is 17.8 Å². The number of hydrogen-bond acceptors (Lipinski definition) is 4. The van der Waals surface area contributed by atoms with Crippen molar-refractivity contribution in [1.29, 1.82) is 0 Å². The van der Waals surface area contributed by atoms with Crippen molar-refractivity contribution in [2.75, 3.05) is 12.9 Å². The van der Waals surface area contributed by atoms with Crippen LogP contribution in [0.25, 0.3) is 10.9 Å². The number of carbonyl (C=O) groups is 1. The second-order valence-electron chi connectivity index (χ2n) is 4.54. The maximum atomic E-state index is 13.1. The number of halogens is 3. The van der Waals surface area contributed by atoms with Crippen LogP contribution in [0.4, 0.5) is 13.2 Å². The van der Waals surface area contributed by atoms with E-state index in [2.05, 4.69) is 4.98 Å². The highest BCUT2D eigenvalue weighted by Gasteiger charge is 2.34. The zero-order valence-electron chi connectivity index (χ0n) is 12.2. The van der Waals surface area contributed by atoms with Crippen molar-refractivity contribution in [2.24, 2.45) is 0 Å². The summed E-state index contributed by atoms with van der Waals surface area (Å²) in [6, 6.07) is 3.83. The third kappa shape index (κ3) is 2.90. The van der Waals surface area contributed by atoms with Gasteiger partial charge in [-0.05, 0) is 31.7 Å². The van der Waals surface area contributed by atoms with Crippen molar-refractivity contribution in [1.82, 2.24) is 4.98 Å². The fourth-order valence-corrected chi connectivity index (χ4v) is 2.86. The standard InChI is InChI=1S/C15H14F3NO2S/c1-4-21-14(20)11-8(2)9-6-5-7-10(15(16,17)18)12(9)19-13(11)22-3/h5-7H,4H2,1-3H3. The first kappa shape index (κ1) is 16.6. The van der Waals surface area contributed by atoms with Gasteiger partial charge in [-0.25, -0.2) is 9.78 Å². The zero-order valence-corrected chi connectivity index (χ0v) is 13.1. The van der Waals surface area contributed by atoms with E-state index in [9.17, 15) is 18.0 Å². The Bertz CT molecular complexity index is 729. The molecule has 0 atom stereocenters. The van der Waals surface area contributed by atoms with Gasteiger partial charge in [0.25, 0.3) is 0 Å². The summed E-state index contributed by atoms with van der Waals surface area (Å²) in [5.74, 6) is -0.573. The number of hydrogen-bond donors (Lipinski definition) is 0. The van der Waals surface area contributed by atoms with E-state index in [1.165, 1.54) is 12.1 Å². The molecule has 0 fully saturated rings. The zero-order chi connectivity index (χ0) is 16.5. The van der Waals surface area contributed by atoms with Crippen LogP contribution in [-0.2, 0) is 10.9 Å². The molecule has 2 rings (SSSR count). The first-order chi connectivity index (χ1) is 10.3. The Morgan fingerprint density at radius 2 is 2.05 bits per heavy atom. The predicted molar refractivity (Wildman–Crippen MR) is 79.2 cm³/mol. The molecule has 1 aromatic heterocycles. The number of rotatable bonds is 3. The summed E-state index contributed by atoms with van der Waals surface area (Å²) in [5, 5.41) is 0.538. The number of aryl methyl sites for hydroxylation is 1. The van der Waals surface area contributed by atoms with Gasteiger partial charge in [-0.3, -0.25) is 0 Å². The number of alkyl halides is 3. The predicted octanol–water partition coefficient (Wildman–Crippen LogP) is 4.46. The Hall–Kier alpha value is -1.76. The molecular weight excluding hydrogens is 315 g/mol. The molecule has 2 aromatic rings. The number of ether oxygens (including phenoxy) is 1. The summed E-state index contributed by atoms with van der Waals surface area (Å²) in [7, 11) is 0. The molecule has 22 heavy (non-hydrogen) atoms. The van der Waals surface area contributed by atoms with Gasteiger partial charge in [0, 0.05) is 5.39 Å². The largest absolute Gasteiger partial charge is 0.462 e. The van der Waals surface area contributed by atoms with Gasteiger partial charge >= 0.3 is 12.1 Å². The molecule has 0 aliphatic carbocycles. The number of nitrogens with zero attached hydrogens (tertiary/aromatic N) is 1. The van der Waals surface area contributed by atoms with Crippen molar-refractivity contribution in [3.8, 4) is 0 Å². The lowest BCUT2D eigenvalue weighted by molar-refractivity contribution is -0.136. The Morgan fingerprint density at radius 3 is 2.59 bits per heavy atom. The summed E-state index contributed by atoms with van der Waals surface area (Å²) in [6.45, 7) is 3.46. The van der Waals surface area contributed by atoms with E-state index in [1.54, 1.807) is 20.1 Å². The van der Waals surface area contributed by atoms with Crippen LogP contribution in [0.15, 0.2) is 23.2 Å². The van der Waals surface area contributed by atoms with Crippen LogP contribution < -0.4 is 0 Å². The number of thioether (sulfide) groups is 1. The molecule has 0 spiro atoms. The topological polar surface area (TPSA) is 39.2 Å². The lowest BCUT2D eigenvalue weighted by Crippen LogP contribution is -2.12. The van der Waals surface area contributed by atoms with Crippen LogP contribution >= 0.6 is 11.8 Å². The van der Waals surface area contributed by atoms with Crippen molar-refractivity contribution in [3.63, 3.8) is 0 Å². The summed E-state index contributed by atoms with van der Waals surface area (Å²) in [4.78, 5) is 16.1. The van der Waals surface area contributed by atoms with E-state index < -0.39 is 17.7 Å². The van der Waals surface area contributed by atoms with E-state index in [1.807, 2.05) is 0 Å². The van der Waals surface area contributed by atoms with E-state index >= 15 is 0 Å². The van der Waals surface area contributed by atoms with E-state index in [0.29, 0.717) is 10.9 Å². The second kappa shape index (κ2) is 6.16. The van der Waals surface area contributed by atoms with Crippen molar-refractivity contribution >= 4 is 28.6 Å². The van der Waals surface area contributed by atoms with Gasteiger partial charge in [-0.2, -0.15) is 13.2 Å². The molecule has 7 heteroatoms. The van der Waals surface area contributed by atoms with Gasteiger partial charge in [0.2, 0.25) is 0 Å². The molecule has 0 aliphatic heterocycles. The monoisotopic (exact) mass is 329 g/mol. The summed E-state index contributed by atoms with van der Waals surface area (Å²) in [5.41, 5.74) is -0.288. The lowest BCUT2D eigenvalue weighted by atomic mass is 10.0. The molecule has 0 radical (unpaired) electrons. The molecule has 0 aliphatic rings. The molecule has 1 aromatic carbocycles. The van der Waals surface area contributed by atoms with Gasteiger partial charge in [0.15, 0.2) is 0 Å². The highest BCUT2D eigenvalue weighted by molar-refractivity contribution is 7.98. The molecule has 3 nitrogen and oxygen atoms in total. The molecule has 0 bridgehead atoms. The van der Waals surface area contributed by atoms with Crippen molar-refractivity contribution in [2.45, 2.75) is 25.0 Å². The summed E-state index contributed by atoms with van der Waals surface area (Å²) < 4.78 is 44.4. The van der Waals surface area contributed by atoms with E-state index in [4.69, 9.17) is 4.74 Å². The normalized spacial score (nSPS) is 11.7. The van der Waals surface area contributed by atoms with Crippen molar-refractivity contribution < 1.29 is 22.7 Å². The lowest BCUT2D eigenvalue weighted by Gasteiger charge is -2.15. The van der Waals surface area contributed by atoms with Crippen LogP contribution in [-0.4, -0.2) is 23.8 Å². The molecule has 0 unspecified atom stereocenters. The third-order valence-electron chi connectivity index (χ3n) is 3.22. The third-order valence-corrected chi connectivity index (χ3v) is 3.90. The molecule has 0 N–H and O–H groups in total. The molecule has 118 valence electrons. The van der Waals surface area contributed by atoms with Gasteiger partial charge in [-0.1, -0.05) is 12.1 Å². The number of benzene rings is 1. The summed E-state index contributed by atoms with van der Waals surface area (Å²) >= 11 is 1.12. The Kier molecular flexibility index (Phi) is 4.65. The average molecular weight is 329 g/mol. The number of aromatic nitrogens is 1. The maximum absolute atomic E-state index is 13.1. The first-order valence-corrected chi connectivity index (χ1v) is 7.75. The fourth-order valence-electron chi connectivity index (χ4n) is 2.24. The SMILES string of the molecule is CCOC(=O)c1c(SC)nc2c(C(F)(F)F)cccc2c1C. The van der Waals surface area contributed by atoms with Crippen LogP contribution in [0, 0.1) is 6.92 Å². The van der Waals surface area contributed by atoms with Gasteiger partial charge in [0.1, 0.15) is 5.03 Å². The van der Waals surface area contributed by atoms with E-state index in [-0.39, 0.29) is 22.7 Å². The minimum atomic E-state index is -4.50. The number of para-hydroxylation sites is 1. The minimum Gasteiger partial charge on any atom is -0.462 e. The van der Waals surface area contributed by atoms with Crippen LogP contribution in [0.3, 0.4) is 0 Å². The van der Waals surface area contributed by atoms with Crippen molar-refractivity contribution in [3.05, 3.63) is 34.9 Å². The maximum Gasteiger partial charge on any atom is 0.418 e. The molecule has 0 amide bonds. The average Bonchev–Trinajstić information content (AvgIpc) is 2.45. The molecule has 1 heterocycles. The second-order valence-corrected chi connectivity index (χ2v) is 5.34. The number of carbonyl (C=O) groups excluding carboxylic acids is 1. The van der Waals surface area contributed by atoms with Gasteiger partial charge in [0.05, 0.1) is 23.3 Å². The summed E-state index contributed by atoms with van der Waals surface area (Å²) in [6.07, 6.45) is -2.84. The smallest absolute Gasteiger partial charge is 0.418 e. The van der Waals surface area contributed by atoms with Gasteiger partial charge < -0.3 is 4.74 Å². The highest BCUT2D eigenvalue weighted by Crippen LogP contribution is 2.37. The first-order valence-electron chi connectivity index (χ1n) is 6.52. The number of fused-ring (bicyclic) bond motifs is 1. The van der Waals surface area contributed by atoms with Crippen LogP contribution in [0.1, 0.15) is 28.4 Å². The minimum absolute atomic E-state index is 0.148. The fraction of sp³-hybridized carbons (Fsp3) is 0.333. The molecular formula is C15H14F3NO2S. The quantitative estimate of drug-likeness (QED) is 0.615. The highest BCUT2D eigenvalue weighted by atomic mass is 32.2. The molecule has 0 saturated heterocycles. The van der Waals surface area contributed by atoms with Crippen LogP contribution in [0.5, 0.6) is 0 Å². The Morgan fingerprint density at radius 1 is 1.36 bits per heavy atom. The number of esters is 1. The Balaban J connectivity index is 2.82. The molecule has 0 saturated carbocycles. The van der Waals surface area contributed by atoms with Crippen LogP contribution in [0.2, 0.25) is 0 Å². The van der Waals surface area contributed by atoms with Gasteiger partial charge in [-0.15, -0.1) is 11.8 Å².